The number of fused-ring (bicyclic) bond motifs is 3. The summed E-state index contributed by atoms with van der Waals surface area (Å²) in [6.45, 7) is 0. The Balaban J connectivity index is 1.82. The van der Waals surface area contributed by atoms with Gasteiger partial charge in [0.25, 0.3) is 0 Å². The van der Waals surface area contributed by atoms with Crippen molar-refractivity contribution < 1.29 is 19.4 Å². The van der Waals surface area contributed by atoms with Gasteiger partial charge in [0.1, 0.15) is 11.4 Å². The first kappa shape index (κ1) is 23.0. The average Bonchev–Trinajstić information content (AvgIpc) is 3.17. The molecule has 0 radical (unpaired) electrons. The topological polar surface area (TPSA) is 79.7 Å². The summed E-state index contributed by atoms with van der Waals surface area (Å²) in [5.74, 6) is -1.95. The van der Waals surface area contributed by atoms with Gasteiger partial charge < -0.3 is 14.7 Å². The first-order valence-electron chi connectivity index (χ1n) is 10.8. The molecule has 0 spiro atoms. The Kier molecular flexibility index (Phi) is 5.54. The zero-order valence-corrected chi connectivity index (χ0v) is 20.9. The molecule has 2 heterocycles. The molecule has 2 aliphatic rings. The van der Waals surface area contributed by atoms with Crippen molar-refractivity contribution in [2.45, 2.75) is 23.5 Å². The smallest absolute Gasteiger partial charge is 0.222 e. The van der Waals surface area contributed by atoms with Gasteiger partial charge in [-0.2, -0.15) is 0 Å². The Morgan fingerprint density at radius 3 is 2.50 bits per heavy atom. The number of ether oxygens (including phenoxy) is 1. The molecule has 1 aliphatic heterocycles. The van der Waals surface area contributed by atoms with Crippen LogP contribution in [0, 0.1) is 5.92 Å². The number of halogens is 2. The summed E-state index contributed by atoms with van der Waals surface area (Å²) in [6.07, 6.45) is 1.32. The quantitative estimate of drug-likeness (QED) is 0.529. The molecule has 2 aromatic carbocycles. The summed E-state index contributed by atoms with van der Waals surface area (Å²) in [7, 11) is 3.29. The van der Waals surface area contributed by atoms with Gasteiger partial charge in [-0.25, -0.2) is 0 Å². The standard InChI is InChI=1S/C26H22BrClN2O4/c1-30(2)21(31)13-19-22(15-6-4-3-5-7-15)26(16-8-10-17(27)11-9-16)25(33,24(19)32)23-20(34-26)12-18(28)14-29-23/h3-12,14,19,22,33H,13H2,1-2H3/t19-,22-,25+,26+/m1/s1. The predicted molar refractivity (Wildman–Crippen MR) is 131 cm³/mol. The Bertz CT molecular complexity index is 1280. The number of rotatable bonds is 4. The van der Waals surface area contributed by atoms with Gasteiger partial charge in [0.15, 0.2) is 11.4 Å². The van der Waals surface area contributed by atoms with Crippen molar-refractivity contribution in [3.8, 4) is 5.75 Å². The van der Waals surface area contributed by atoms with Gasteiger partial charge in [0.2, 0.25) is 11.5 Å². The second-order valence-electron chi connectivity index (χ2n) is 8.91. The van der Waals surface area contributed by atoms with Crippen LogP contribution in [0.4, 0.5) is 0 Å². The van der Waals surface area contributed by atoms with Crippen LogP contribution in [0.1, 0.15) is 29.2 Å². The number of aromatic nitrogens is 1. The molecule has 1 N–H and O–H groups in total. The van der Waals surface area contributed by atoms with Gasteiger partial charge in [0.05, 0.1) is 5.02 Å². The van der Waals surface area contributed by atoms with Gasteiger partial charge in [-0.05, 0) is 23.3 Å². The van der Waals surface area contributed by atoms with E-state index in [-0.39, 0.29) is 23.8 Å². The number of pyridine rings is 1. The minimum Gasteiger partial charge on any atom is -0.476 e. The molecule has 0 bridgehead atoms. The minimum absolute atomic E-state index is 0.0712. The van der Waals surface area contributed by atoms with Crippen molar-refractivity contribution in [1.82, 2.24) is 9.88 Å². The lowest BCUT2D eigenvalue weighted by Crippen LogP contribution is -2.51. The molecule has 1 aromatic heterocycles. The highest BCUT2D eigenvalue weighted by molar-refractivity contribution is 9.10. The molecule has 1 fully saturated rings. The monoisotopic (exact) mass is 540 g/mol. The highest BCUT2D eigenvalue weighted by atomic mass is 79.9. The van der Waals surface area contributed by atoms with Crippen LogP contribution in [0.5, 0.6) is 5.75 Å². The Morgan fingerprint density at radius 2 is 1.85 bits per heavy atom. The fraction of sp³-hybridized carbons (Fsp3) is 0.269. The number of ketones is 1. The molecular weight excluding hydrogens is 520 g/mol. The molecule has 174 valence electrons. The molecule has 0 unspecified atom stereocenters. The van der Waals surface area contributed by atoms with Crippen LogP contribution in [-0.4, -0.2) is 40.8 Å². The number of hydrogen-bond acceptors (Lipinski definition) is 5. The number of benzene rings is 2. The number of nitrogens with zero attached hydrogens (tertiary/aromatic N) is 2. The average molecular weight is 542 g/mol. The highest BCUT2D eigenvalue weighted by Gasteiger charge is 2.77. The fourth-order valence-electron chi connectivity index (χ4n) is 5.34. The maximum atomic E-state index is 14.2. The summed E-state index contributed by atoms with van der Waals surface area (Å²) < 4.78 is 7.42. The van der Waals surface area contributed by atoms with Crippen LogP contribution in [0.25, 0.3) is 0 Å². The minimum atomic E-state index is -2.11. The Morgan fingerprint density at radius 1 is 1.18 bits per heavy atom. The van der Waals surface area contributed by atoms with Crippen molar-refractivity contribution >= 4 is 39.2 Å². The lowest BCUT2D eigenvalue weighted by Gasteiger charge is -2.39. The highest BCUT2D eigenvalue weighted by Crippen LogP contribution is 2.67. The lowest BCUT2D eigenvalue weighted by atomic mass is 9.71. The second kappa shape index (κ2) is 8.18. The van der Waals surface area contributed by atoms with Crippen molar-refractivity contribution in [2.24, 2.45) is 5.92 Å². The molecule has 1 saturated carbocycles. The molecule has 4 atom stereocenters. The van der Waals surface area contributed by atoms with Crippen LogP contribution in [0.3, 0.4) is 0 Å². The summed E-state index contributed by atoms with van der Waals surface area (Å²) in [5, 5.41) is 12.7. The van der Waals surface area contributed by atoms with E-state index in [1.165, 1.54) is 11.1 Å². The lowest BCUT2D eigenvalue weighted by molar-refractivity contribution is -0.152. The molecule has 0 saturated heterocycles. The van der Waals surface area contributed by atoms with E-state index in [1.54, 1.807) is 20.2 Å². The van der Waals surface area contributed by atoms with Crippen LogP contribution >= 0.6 is 27.5 Å². The number of carbonyl (C=O) groups is 2. The van der Waals surface area contributed by atoms with E-state index in [1.807, 2.05) is 54.6 Å². The van der Waals surface area contributed by atoms with E-state index < -0.39 is 28.8 Å². The normalized spacial score (nSPS) is 27.1. The van der Waals surface area contributed by atoms with Gasteiger partial charge in [0, 0.05) is 49.1 Å². The van der Waals surface area contributed by atoms with Crippen LogP contribution in [0.2, 0.25) is 5.02 Å². The molecule has 8 heteroatoms. The van der Waals surface area contributed by atoms with Crippen molar-refractivity contribution in [3.63, 3.8) is 0 Å². The fourth-order valence-corrected chi connectivity index (χ4v) is 5.75. The number of Topliss-reactive ketones (excluding diaryl/α,β-unsaturated/α-hetero) is 1. The Labute approximate surface area is 210 Å². The number of aliphatic hydroxyl groups is 1. The Hall–Kier alpha value is -2.74. The molecule has 1 amide bonds. The predicted octanol–water partition coefficient (Wildman–Crippen LogP) is 4.43. The molecule has 3 aromatic rings. The van der Waals surface area contributed by atoms with Crippen molar-refractivity contribution in [3.05, 3.63) is 93.2 Å². The van der Waals surface area contributed by atoms with E-state index >= 15 is 0 Å². The first-order chi connectivity index (χ1) is 16.2. The number of amides is 1. The molecule has 5 rings (SSSR count). The third-order valence-electron chi connectivity index (χ3n) is 6.83. The van der Waals surface area contributed by atoms with Crippen molar-refractivity contribution in [1.29, 1.82) is 0 Å². The first-order valence-corrected chi connectivity index (χ1v) is 12.0. The van der Waals surface area contributed by atoms with E-state index in [2.05, 4.69) is 20.9 Å². The van der Waals surface area contributed by atoms with E-state index in [4.69, 9.17) is 16.3 Å². The van der Waals surface area contributed by atoms with Gasteiger partial charge >= 0.3 is 0 Å². The maximum Gasteiger partial charge on any atom is 0.222 e. The summed E-state index contributed by atoms with van der Waals surface area (Å²) in [5.41, 5.74) is -2.15. The second-order valence-corrected chi connectivity index (χ2v) is 10.3. The van der Waals surface area contributed by atoms with Gasteiger partial charge in [-0.3, -0.25) is 14.6 Å². The van der Waals surface area contributed by atoms with Gasteiger partial charge in [-0.15, -0.1) is 0 Å². The third-order valence-corrected chi connectivity index (χ3v) is 7.56. The maximum absolute atomic E-state index is 14.2. The zero-order chi connectivity index (χ0) is 24.3. The number of carbonyl (C=O) groups excluding carboxylic acids is 2. The SMILES string of the molecule is CN(C)C(=O)C[C@H]1C(=O)[C@@]2(O)c3ncc(Cl)cc3O[C@@]2(c2ccc(Br)cc2)[C@@H]1c1ccccc1. The number of hydrogen-bond donors (Lipinski definition) is 1. The van der Waals surface area contributed by atoms with Gasteiger partial charge in [-0.1, -0.05) is 70.0 Å². The van der Waals surface area contributed by atoms with Crippen LogP contribution in [-0.2, 0) is 20.8 Å². The molecular formula is C26H22BrClN2O4. The third kappa shape index (κ3) is 3.14. The van der Waals surface area contributed by atoms with E-state index in [0.717, 1.165) is 10.0 Å². The van der Waals surface area contributed by atoms with E-state index in [9.17, 15) is 14.7 Å². The van der Waals surface area contributed by atoms with Crippen molar-refractivity contribution in [2.75, 3.05) is 14.1 Å². The summed E-state index contributed by atoms with van der Waals surface area (Å²) >= 11 is 9.65. The molecule has 6 nitrogen and oxygen atoms in total. The summed E-state index contributed by atoms with van der Waals surface area (Å²) in [4.78, 5) is 32.8. The van der Waals surface area contributed by atoms with Crippen LogP contribution in [0.15, 0.2) is 71.3 Å². The zero-order valence-electron chi connectivity index (χ0n) is 18.5. The summed E-state index contributed by atoms with van der Waals surface area (Å²) in [6, 6.07) is 18.3. The van der Waals surface area contributed by atoms with E-state index in [0.29, 0.717) is 10.6 Å². The van der Waals surface area contributed by atoms with Crippen LogP contribution < -0.4 is 4.74 Å². The molecule has 1 aliphatic carbocycles. The molecule has 34 heavy (non-hydrogen) atoms. The largest absolute Gasteiger partial charge is 0.476 e.